The molecule has 0 saturated heterocycles. The Kier molecular flexibility index (Phi) is 5.52. The van der Waals surface area contributed by atoms with Crippen LogP contribution in [0.5, 0.6) is 11.5 Å². The maximum Gasteiger partial charge on any atom is 0.417 e. The number of ether oxygens (including phenoxy) is 2. The summed E-state index contributed by atoms with van der Waals surface area (Å²) in [5.74, 6) is 0.501. The lowest BCUT2D eigenvalue weighted by Gasteiger charge is -2.14. The molecule has 0 heterocycles. The van der Waals surface area contributed by atoms with E-state index in [4.69, 9.17) is 9.47 Å². The van der Waals surface area contributed by atoms with E-state index in [1.807, 2.05) is 0 Å². The molecule has 0 amide bonds. The van der Waals surface area contributed by atoms with Crippen LogP contribution in [-0.2, 0) is 16.2 Å². The van der Waals surface area contributed by atoms with Gasteiger partial charge in [-0.1, -0.05) is 15.9 Å². The zero-order valence-corrected chi connectivity index (χ0v) is 15.4. The van der Waals surface area contributed by atoms with Gasteiger partial charge < -0.3 is 9.47 Å². The number of sulfonamides is 1. The smallest absolute Gasteiger partial charge is 0.417 e. The SMILES string of the molecule is COc1ccc(S(=O)(=O)Nc2ccc(Br)c(C(F)(F)F)c2)cc1OC. The first-order chi connectivity index (χ1) is 11.6. The van der Waals surface area contributed by atoms with Crippen molar-refractivity contribution in [3.8, 4) is 11.5 Å². The van der Waals surface area contributed by atoms with Gasteiger partial charge in [0.15, 0.2) is 11.5 Å². The molecule has 0 unspecified atom stereocenters. The summed E-state index contributed by atoms with van der Waals surface area (Å²) >= 11 is 2.80. The number of alkyl halides is 3. The quantitative estimate of drug-likeness (QED) is 0.754. The van der Waals surface area contributed by atoms with Gasteiger partial charge in [0.05, 0.1) is 24.7 Å². The average Bonchev–Trinajstić information content (AvgIpc) is 2.54. The highest BCUT2D eigenvalue weighted by Crippen LogP contribution is 2.37. The number of hydrogen-bond donors (Lipinski definition) is 1. The second kappa shape index (κ2) is 7.12. The lowest BCUT2D eigenvalue weighted by atomic mass is 10.2. The number of hydrogen-bond acceptors (Lipinski definition) is 4. The molecule has 0 aliphatic carbocycles. The fourth-order valence-corrected chi connectivity index (χ4v) is 3.54. The molecular formula is C15H13BrF3NO4S. The molecule has 0 spiro atoms. The zero-order valence-electron chi connectivity index (χ0n) is 13.0. The van der Waals surface area contributed by atoms with Crippen LogP contribution >= 0.6 is 15.9 Å². The number of rotatable bonds is 5. The highest BCUT2D eigenvalue weighted by molar-refractivity contribution is 9.10. The second-order valence-electron chi connectivity index (χ2n) is 4.81. The van der Waals surface area contributed by atoms with Crippen LogP contribution in [-0.4, -0.2) is 22.6 Å². The van der Waals surface area contributed by atoms with Crippen molar-refractivity contribution in [2.45, 2.75) is 11.1 Å². The van der Waals surface area contributed by atoms with Crippen LogP contribution in [0.25, 0.3) is 0 Å². The first kappa shape index (κ1) is 19.4. The topological polar surface area (TPSA) is 64.6 Å². The molecule has 2 aromatic carbocycles. The fraction of sp³-hybridized carbons (Fsp3) is 0.200. The van der Waals surface area contributed by atoms with E-state index in [2.05, 4.69) is 20.7 Å². The average molecular weight is 440 g/mol. The highest BCUT2D eigenvalue weighted by atomic mass is 79.9. The van der Waals surface area contributed by atoms with Crippen LogP contribution in [0.15, 0.2) is 45.8 Å². The lowest BCUT2D eigenvalue weighted by Crippen LogP contribution is -2.14. The summed E-state index contributed by atoms with van der Waals surface area (Å²) in [6, 6.07) is 6.91. The minimum Gasteiger partial charge on any atom is -0.493 e. The predicted octanol–water partition coefficient (Wildman–Crippen LogP) is 4.29. The Morgan fingerprint density at radius 3 is 2.20 bits per heavy atom. The number of halogens is 4. The molecule has 136 valence electrons. The van der Waals surface area contributed by atoms with E-state index >= 15 is 0 Å². The minimum atomic E-state index is -4.62. The normalized spacial score (nSPS) is 11.9. The van der Waals surface area contributed by atoms with Crippen LogP contribution in [0.2, 0.25) is 0 Å². The number of anilines is 1. The van der Waals surface area contributed by atoms with Gasteiger partial charge in [0.25, 0.3) is 10.0 Å². The van der Waals surface area contributed by atoms with Gasteiger partial charge in [0, 0.05) is 16.2 Å². The van der Waals surface area contributed by atoms with Gasteiger partial charge in [0.1, 0.15) is 0 Å². The third-order valence-corrected chi connectivity index (χ3v) is 5.26. The third kappa shape index (κ3) is 4.37. The van der Waals surface area contributed by atoms with Crippen molar-refractivity contribution in [3.63, 3.8) is 0 Å². The monoisotopic (exact) mass is 439 g/mol. The number of benzene rings is 2. The summed E-state index contributed by atoms with van der Waals surface area (Å²) in [4.78, 5) is -0.179. The number of nitrogens with one attached hydrogen (secondary N) is 1. The van der Waals surface area contributed by atoms with Gasteiger partial charge in [-0.2, -0.15) is 13.2 Å². The maximum atomic E-state index is 12.9. The molecule has 2 aromatic rings. The van der Waals surface area contributed by atoms with E-state index in [1.165, 1.54) is 38.5 Å². The van der Waals surface area contributed by atoms with Gasteiger partial charge in [0.2, 0.25) is 0 Å². The zero-order chi connectivity index (χ0) is 18.8. The molecular weight excluding hydrogens is 427 g/mol. The Hall–Kier alpha value is -1.94. The third-order valence-electron chi connectivity index (χ3n) is 3.19. The first-order valence-electron chi connectivity index (χ1n) is 6.70. The number of methoxy groups -OCH3 is 2. The van der Waals surface area contributed by atoms with E-state index < -0.39 is 21.8 Å². The van der Waals surface area contributed by atoms with Gasteiger partial charge in [-0.3, -0.25) is 4.72 Å². The Morgan fingerprint density at radius 1 is 1.00 bits per heavy atom. The fourth-order valence-electron chi connectivity index (χ4n) is 2.00. The molecule has 1 N–H and O–H groups in total. The molecule has 2 rings (SSSR count). The molecule has 5 nitrogen and oxygen atoms in total. The Balaban J connectivity index is 2.40. The summed E-state index contributed by atoms with van der Waals surface area (Å²) < 4.78 is 75.6. The van der Waals surface area contributed by atoms with Crippen LogP contribution in [0.4, 0.5) is 18.9 Å². The molecule has 0 bridgehead atoms. The molecule has 0 aliphatic rings. The van der Waals surface area contributed by atoms with Gasteiger partial charge in [-0.25, -0.2) is 8.42 Å². The van der Waals surface area contributed by atoms with Crippen LogP contribution in [0.1, 0.15) is 5.56 Å². The van der Waals surface area contributed by atoms with Crippen molar-refractivity contribution in [2.24, 2.45) is 0 Å². The van der Waals surface area contributed by atoms with Crippen molar-refractivity contribution in [3.05, 3.63) is 46.4 Å². The van der Waals surface area contributed by atoms with Crippen molar-refractivity contribution in [2.75, 3.05) is 18.9 Å². The summed E-state index contributed by atoms with van der Waals surface area (Å²) in [6.45, 7) is 0. The molecule has 0 atom stereocenters. The van der Waals surface area contributed by atoms with E-state index in [1.54, 1.807) is 0 Å². The summed E-state index contributed by atoms with van der Waals surface area (Å²) in [5, 5.41) is 0. The summed E-state index contributed by atoms with van der Waals surface area (Å²) in [5.41, 5.74) is -1.20. The van der Waals surface area contributed by atoms with Crippen molar-refractivity contribution in [1.82, 2.24) is 0 Å². The Morgan fingerprint density at radius 2 is 1.64 bits per heavy atom. The minimum absolute atomic E-state index is 0.178. The van der Waals surface area contributed by atoms with Crippen LogP contribution in [0.3, 0.4) is 0 Å². The molecule has 10 heteroatoms. The maximum absolute atomic E-state index is 12.9. The predicted molar refractivity (Wildman–Crippen MR) is 89.5 cm³/mol. The first-order valence-corrected chi connectivity index (χ1v) is 8.97. The van der Waals surface area contributed by atoms with E-state index in [0.29, 0.717) is 11.8 Å². The largest absolute Gasteiger partial charge is 0.493 e. The van der Waals surface area contributed by atoms with Gasteiger partial charge in [-0.15, -0.1) is 0 Å². The standard InChI is InChI=1S/C15H13BrF3NO4S/c1-23-13-6-4-10(8-14(13)24-2)25(21,22)20-9-3-5-12(16)11(7-9)15(17,18)19/h3-8,20H,1-2H3. The van der Waals surface area contributed by atoms with Crippen LogP contribution < -0.4 is 14.2 Å². The Labute approximate surface area is 150 Å². The van der Waals surface area contributed by atoms with Gasteiger partial charge >= 0.3 is 6.18 Å². The van der Waals surface area contributed by atoms with E-state index in [-0.39, 0.29) is 20.8 Å². The van der Waals surface area contributed by atoms with Crippen molar-refractivity contribution in [1.29, 1.82) is 0 Å². The van der Waals surface area contributed by atoms with Gasteiger partial charge in [-0.05, 0) is 30.3 Å². The lowest BCUT2D eigenvalue weighted by molar-refractivity contribution is -0.138. The van der Waals surface area contributed by atoms with Crippen LogP contribution in [0, 0.1) is 0 Å². The summed E-state index contributed by atoms with van der Waals surface area (Å²) in [7, 11) is -1.38. The molecule has 0 aliphatic heterocycles. The highest BCUT2D eigenvalue weighted by Gasteiger charge is 2.33. The summed E-state index contributed by atoms with van der Waals surface area (Å²) in [6.07, 6.45) is -4.62. The molecule has 0 aromatic heterocycles. The second-order valence-corrected chi connectivity index (χ2v) is 7.35. The Bertz CT molecular complexity index is 885. The molecule has 0 fully saturated rings. The van der Waals surface area contributed by atoms with E-state index in [9.17, 15) is 21.6 Å². The van der Waals surface area contributed by atoms with Crippen molar-refractivity contribution < 1.29 is 31.1 Å². The molecule has 25 heavy (non-hydrogen) atoms. The van der Waals surface area contributed by atoms with E-state index in [0.717, 1.165) is 6.07 Å². The molecule has 0 saturated carbocycles. The molecule has 0 radical (unpaired) electrons. The van der Waals surface area contributed by atoms with Crippen molar-refractivity contribution >= 4 is 31.6 Å².